The van der Waals surface area contributed by atoms with Crippen molar-refractivity contribution < 1.29 is 14.7 Å². The van der Waals surface area contributed by atoms with E-state index in [1.807, 2.05) is 0 Å². The molecule has 0 aliphatic rings. The summed E-state index contributed by atoms with van der Waals surface area (Å²) in [6.45, 7) is 0. The molecule has 0 saturated carbocycles. The Morgan fingerprint density at radius 1 is 1.15 bits per heavy atom. The number of para-hydroxylation sites is 1. The first-order valence-corrected chi connectivity index (χ1v) is 5.86. The topological polar surface area (TPSA) is 99.3 Å². The number of aromatic amines is 1. The summed E-state index contributed by atoms with van der Waals surface area (Å²) in [5.74, 6) is -1.39. The fraction of sp³-hybridized carbons (Fsp3) is 0.0714. The molecule has 0 bridgehead atoms. The van der Waals surface area contributed by atoms with Crippen molar-refractivity contribution in [3.8, 4) is 0 Å². The minimum Gasteiger partial charge on any atom is -0.481 e. The Kier molecular flexibility index (Phi) is 3.95. The van der Waals surface area contributed by atoms with Crippen LogP contribution in [0.1, 0.15) is 15.9 Å². The molecule has 0 atom stereocenters. The number of benzene rings is 1. The van der Waals surface area contributed by atoms with Crippen molar-refractivity contribution >= 4 is 17.6 Å². The van der Waals surface area contributed by atoms with Crippen LogP contribution >= 0.6 is 0 Å². The van der Waals surface area contributed by atoms with Crippen LogP contribution in [-0.2, 0) is 11.2 Å². The number of carbonyl (C=O) groups is 2. The van der Waals surface area contributed by atoms with E-state index in [1.54, 1.807) is 24.3 Å². The van der Waals surface area contributed by atoms with Gasteiger partial charge in [0.05, 0.1) is 12.0 Å². The number of hydrogen-bond donors (Lipinski definition) is 3. The Morgan fingerprint density at radius 3 is 2.55 bits per heavy atom. The summed E-state index contributed by atoms with van der Waals surface area (Å²) in [6, 6.07) is 9.31. The standard InChI is InChI=1S/C14H12N2O4/c17-12-6-5-10(8-15-12)14(20)16-11-4-2-1-3-9(11)7-13(18)19/h1-6,8H,7H2,(H,15,17)(H,16,20)(H,18,19). The second-order valence-corrected chi connectivity index (χ2v) is 4.12. The molecule has 0 spiro atoms. The molecule has 0 radical (unpaired) electrons. The maximum Gasteiger partial charge on any atom is 0.307 e. The van der Waals surface area contributed by atoms with Gasteiger partial charge in [-0.1, -0.05) is 18.2 Å². The quantitative estimate of drug-likeness (QED) is 0.780. The molecule has 2 rings (SSSR count). The highest BCUT2D eigenvalue weighted by atomic mass is 16.4. The first-order chi connectivity index (χ1) is 9.56. The Balaban J connectivity index is 2.21. The van der Waals surface area contributed by atoms with E-state index in [2.05, 4.69) is 10.3 Å². The molecule has 6 heteroatoms. The molecule has 20 heavy (non-hydrogen) atoms. The Bertz CT molecular complexity index is 686. The van der Waals surface area contributed by atoms with Gasteiger partial charge in [0.25, 0.3) is 5.91 Å². The molecule has 3 N–H and O–H groups in total. The largest absolute Gasteiger partial charge is 0.481 e. The van der Waals surface area contributed by atoms with E-state index in [9.17, 15) is 14.4 Å². The number of aromatic nitrogens is 1. The average molecular weight is 272 g/mol. The zero-order chi connectivity index (χ0) is 14.5. The molecular weight excluding hydrogens is 260 g/mol. The Labute approximate surface area is 114 Å². The van der Waals surface area contributed by atoms with Crippen molar-refractivity contribution in [1.82, 2.24) is 4.98 Å². The molecular formula is C14H12N2O4. The molecule has 1 heterocycles. The number of nitrogens with one attached hydrogen (secondary N) is 2. The number of H-pyrrole nitrogens is 1. The summed E-state index contributed by atoms with van der Waals surface area (Å²) < 4.78 is 0. The summed E-state index contributed by atoms with van der Waals surface area (Å²) in [4.78, 5) is 36.1. The predicted molar refractivity (Wildman–Crippen MR) is 72.8 cm³/mol. The minimum absolute atomic E-state index is 0.178. The lowest BCUT2D eigenvalue weighted by Gasteiger charge is -2.09. The highest BCUT2D eigenvalue weighted by Gasteiger charge is 2.10. The molecule has 6 nitrogen and oxygen atoms in total. The fourth-order valence-electron chi connectivity index (χ4n) is 1.71. The number of rotatable bonds is 4. The zero-order valence-electron chi connectivity index (χ0n) is 10.4. The molecule has 0 aliphatic carbocycles. The van der Waals surface area contributed by atoms with Crippen molar-refractivity contribution in [3.05, 3.63) is 64.1 Å². The van der Waals surface area contributed by atoms with E-state index < -0.39 is 11.9 Å². The maximum absolute atomic E-state index is 12.0. The SMILES string of the molecule is O=C(O)Cc1ccccc1NC(=O)c1ccc(=O)[nH]c1. The highest BCUT2D eigenvalue weighted by Crippen LogP contribution is 2.16. The average Bonchev–Trinajstić information content (AvgIpc) is 2.41. The lowest BCUT2D eigenvalue weighted by atomic mass is 10.1. The fourth-order valence-corrected chi connectivity index (χ4v) is 1.71. The van der Waals surface area contributed by atoms with Gasteiger partial charge >= 0.3 is 5.97 Å². The first-order valence-electron chi connectivity index (χ1n) is 5.86. The van der Waals surface area contributed by atoms with Crippen LogP contribution in [0.25, 0.3) is 0 Å². The lowest BCUT2D eigenvalue weighted by Crippen LogP contribution is -2.16. The van der Waals surface area contributed by atoms with Gasteiger partial charge in [-0.15, -0.1) is 0 Å². The number of anilines is 1. The van der Waals surface area contributed by atoms with E-state index in [0.717, 1.165) is 0 Å². The van der Waals surface area contributed by atoms with E-state index in [-0.39, 0.29) is 17.5 Å². The van der Waals surface area contributed by atoms with Crippen LogP contribution in [0.4, 0.5) is 5.69 Å². The van der Waals surface area contributed by atoms with E-state index in [0.29, 0.717) is 11.3 Å². The van der Waals surface area contributed by atoms with Crippen LogP contribution in [0.2, 0.25) is 0 Å². The maximum atomic E-state index is 12.0. The zero-order valence-corrected chi connectivity index (χ0v) is 10.4. The summed E-state index contributed by atoms with van der Waals surface area (Å²) in [5.41, 5.74) is 0.937. The van der Waals surface area contributed by atoms with Crippen LogP contribution in [0, 0.1) is 0 Å². The summed E-state index contributed by atoms with van der Waals surface area (Å²) in [7, 11) is 0. The third-order valence-electron chi connectivity index (χ3n) is 2.65. The molecule has 0 aliphatic heterocycles. The molecule has 1 aromatic carbocycles. The number of carbonyl (C=O) groups excluding carboxylic acids is 1. The molecule has 0 fully saturated rings. The van der Waals surface area contributed by atoms with Gasteiger partial charge in [-0.05, 0) is 17.7 Å². The monoisotopic (exact) mass is 272 g/mol. The van der Waals surface area contributed by atoms with Crippen LogP contribution in [0.15, 0.2) is 47.4 Å². The van der Waals surface area contributed by atoms with Crippen LogP contribution < -0.4 is 10.9 Å². The molecule has 0 saturated heterocycles. The van der Waals surface area contributed by atoms with Gasteiger partial charge in [-0.3, -0.25) is 14.4 Å². The second-order valence-electron chi connectivity index (χ2n) is 4.12. The van der Waals surface area contributed by atoms with E-state index in [1.165, 1.54) is 18.3 Å². The Hall–Kier alpha value is -2.89. The van der Waals surface area contributed by atoms with Gasteiger partial charge in [0.15, 0.2) is 0 Å². The first kappa shape index (κ1) is 13.5. The predicted octanol–water partition coefficient (Wildman–Crippen LogP) is 1.25. The van der Waals surface area contributed by atoms with Crippen molar-refractivity contribution in [2.45, 2.75) is 6.42 Å². The van der Waals surface area contributed by atoms with Gasteiger partial charge in [0.2, 0.25) is 5.56 Å². The van der Waals surface area contributed by atoms with Crippen molar-refractivity contribution in [1.29, 1.82) is 0 Å². The van der Waals surface area contributed by atoms with Crippen molar-refractivity contribution in [2.75, 3.05) is 5.32 Å². The minimum atomic E-state index is -0.976. The van der Waals surface area contributed by atoms with Gasteiger partial charge in [0, 0.05) is 18.0 Å². The number of aliphatic carboxylic acids is 1. The van der Waals surface area contributed by atoms with Gasteiger partial charge in [-0.2, -0.15) is 0 Å². The number of hydrogen-bond acceptors (Lipinski definition) is 3. The van der Waals surface area contributed by atoms with Gasteiger partial charge in [0.1, 0.15) is 0 Å². The van der Waals surface area contributed by atoms with Crippen LogP contribution in [0.3, 0.4) is 0 Å². The van der Waals surface area contributed by atoms with Crippen molar-refractivity contribution in [2.24, 2.45) is 0 Å². The third-order valence-corrected chi connectivity index (χ3v) is 2.65. The number of pyridine rings is 1. The Morgan fingerprint density at radius 2 is 1.90 bits per heavy atom. The van der Waals surface area contributed by atoms with Gasteiger partial charge in [-0.25, -0.2) is 0 Å². The van der Waals surface area contributed by atoms with Crippen LogP contribution in [-0.4, -0.2) is 22.0 Å². The van der Waals surface area contributed by atoms with Crippen LogP contribution in [0.5, 0.6) is 0 Å². The molecule has 2 aromatic rings. The summed E-state index contributed by atoms with van der Waals surface area (Å²) >= 11 is 0. The van der Waals surface area contributed by atoms with E-state index in [4.69, 9.17) is 5.11 Å². The molecule has 102 valence electrons. The number of carboxylic acids is 1. The molecule has 0 unspecified atom stereocenters. The normalized spacial score (nSPS) is 10.0. The lowest BCUT2D eigenvalue weighted by molar-refractivity contribution is -0.136. The summed E-state index contributed by atoms with van der Waals surface area (Å²) in [5, 5.41) is 11.4. The summed E-state index contributed by atoms with van der Waals surface area (Å²) in [6.07, 6.45) is 1.12. The third kappa shape index (κ3) is 3.32. The number of amides is 1. The van der Waals surface area contributed by atoms with Crippen molar-refractivity contribution in [3.63, 3.8) is 0 Å². The highest BCUT2D eigenvalue weighted by molar-refractivity contribution is 6.04. The van der Waals surface area contributed by atoms with E-state index >= 15 is 0 Å². The number of carboxylic acid groups (broad SMARTS) is 1. The molecule has 1 amide bonds. The van der Waals surface area contributed by atoms with Gasteiger partial charge < -0.3 is 15.4 Å². The smallest absolute Gasteiger partial charge is 0.307 e. The molecule has 1 aromatic heterocycles. The second kappa shape index (κ2) is 5.83.